The number of carbonyl (C=O) groups excluding carboxylic acids is 1. The van der Waals surface area contributed by atoms with Gasteiger partial charge in [0.05, 0.1) is 16.9 Å². The number of methoxy groups -OCH3 is 1. The minimum Gasteiger partial charge on any atom is -0.497 e. The van der Waals surface area contributed by atoms with Crippen LogP contribution < -0.4 is 4.74 Å². The standard InChI is InChI=1S/C14H11NO4S/c1-19-11-3-5-12(6-4-11)20-14-7-2-10(9-16)8-13(14)15(17)18/h2-9H,1H3. The third-order valence-corrected chi connectivity index (χ3v) is 3.68. The minimum absolute atomic E-state index is 0.0737. The van der Waals surface area contributed by atoms with Crippen molar-refractivity contribution in [2.45, 2.75) is 9.79 Å². The molecule has 0 amide bonds. The number of hydrogen-bond donors (Lipinski definition) is 0. The van der Waals surface area contributed by atoms with E-state index in [1.54, 1.807) is 31.4 Å². The van der Waals surface area contributed by atoms with Gasteiger partial charge in [0.15, 0.2) is 0 Å². The fourth-order valence-electron chi connectivity index (χ4n) is 1.61. The van der Waals surface area contributed by atoms with Crippen molar-refractivity contribution in [2.24, 2.45) is 0 Å². The van der Waals surface area contributed by atoms with E-state index >= 15 is 0 Å². The Balaban J connectivity index is 2.32. The molecule has 0 saturated heterocycles. The first-order valence-corrected chi connectivity index (χ1v) is 6.51. The molecule has 5 nitrogen and oxygen atoms in total. The highest BCUT2D eigenvalue weighted by atomic mass is 32.2. The molecule has 0 fully saturated rings. The first-order chi connectivity index (χ1) is 9.63. The molecule has 0 N–H and O–H groups in total. The molecule has 0 aliphatic heterocycles. The van der Waals surface area contributed by atoms with Gasteiger partial charge in [-0.25, -0.2) is 0 Å². The van der Waals surface area contributed by atoms with Crippen LogP contribution in [0.5, 0.6) is 5.75 Å². The monoisotopic (exact) mass is 289 g/mol. The van der Waals surface area contributed by atoms with Crippen molar-refractivity contribution in [3.05, 3.63) is 58.1 Å². The van der Waals surface area contributed by atoms with Gasteiger partial charge in [0.25, 0.3) is 5.69 Å². The van der Waals surface area contributed by atoms with E-state index in [2.05, 4.69) is 0 Å². The van der Waals surface area contributed by atoms with E-state index in [9.17, 15) is 14.9 Å². The molecule has 6 heteroatoms. The molecule has 102 valence electrons. The zero-order valence-corrected chi connectivity index (χ0v) is 11.4. The van der Waals surface area contributed by atoms with E-state index < -0.39 is 4.92 Å². The Morgan fingerprint density at radius 3 is 2.45 bits per heavy atom. The number of nitrogens with zero attached hydrogens (tertiary/aromatic N) is 1. The fraction of sp³-hybridized carbons (Fsp3) is 0.0714. The smallest absolute Gasteiger partial charge is 0.283 e. The van der Waals surface area contributed by atoms with Crippen LogP contribution in [0.4, 0.5) is 5.69 Å². The molecule has 0 atom stereocenters. The lowest BCUT2D eigenvalue weighted by Crippen LogP contribution is -1.93. The molecule has 0 radical (unpaired) electrons. The molecule has 20 heavy (non-hydrogen) atoms. The zero-order valence-electron chi connectivity index (χ0n) is 10.6. The molecule has 2 rings (SSSR count). The maximum absolute atomic E-state index is 11.0. The second-order valence-corrected chi connectivity index (χ2v) is 5.00. The van der Waals surface area contributed by atoms with Crippen LogP contribution in [0.15, 0.2) is 52.3 Å². The SMILES string of the molecule is COc1ccc(Sc2ccc(C=O)cc2[N+](=O)[O-])cc1. The number of ether oxygens (including phenoxy) is 1. The maximum atomic E-state index is 11.0. The predicted octanol–water partition coefficient (Wildman–Crippen LogP) is 3.57. The van der Waals surface area contributed by atoms with Gasteiger partial charge in [-0.1, -0.05) is 17.8 Å². The van der Waals surface area contributed by atoms with E-state index in [-0.39, 0.29) is 11.3 Å². The lowest BCUT2D eigenvalue weighted by Gasteiger charge is -2.05. The van der Waals surface area contributed by atoms with Crippen LogP contribution in [0.2, 0.25) is 0 Å². The number of nitro benzene ring substituents is 1. The summed E-state index contributed by atoms with van der Waals surface area (Å²) in [4.78, 5) is 22.6. The van der Waals surface area contributed by atoms with Gasteiger partial charge in [0, 0.05) is 16.5 Å². The quantitative estimate of drug-likeness (QED) is 0.478. The summed E-state index contributed by atoms with van der Waals surface area (Å²) in [6.45, 7) is 0. The Bertz CT molecular complexity index is 640. The molecule has 0 aromatic heterocycles. The molecule has 2 aromatic carbocycles. The van der Waals surface area contributed by atoms with Crippen LogP contribution in [-0.4, -0.2) is 18.3 Å². The second kappa shape index (κ2) is 6.21. The average molecular weight is 289 g/mol. The Hall–Kier alpha value is -2.34. The first kappa shape index (κ1) is 14.1. The van der Waals surface area contributed by atoms with Crippen LogP contribution in [-0.2, 0) is 0 Å². The molecule has 2 aromatic rings. The Morgan fingerprint density at radius 1 is 1.20 bits per heavy atom. The van der Waals surface area contributed by atoms with E-state index in [4.69, 9.17) is 4.74 Å². The van der Waals surface area contributed by atoms with Gasteiger partial charge in [0.1, 0.15) is 12.0 Å². The fourth-order valence-corrected chi connectivity index (χ4v) is 2.51. The van der Waals surface area contributed by atoms with Crippen LogP contribution >= 0.6 is 11.8 Å². The summed E-state index contributed by atoms with van der Waals surface area (Å²) < 4.78 is 5.06. The number of aldehydes is 1. The Labute approximate surface area is 119 Å². The van der Waals surface area contributed by atoms with Gasteiger partial charge < -0.3 is 4.74 Å². The Morgan fingerprint density at radius 2 is 1.90 bits per heavy atom. The maximum Gasteiger partial charge on any atom is 0.283 e. The molecule has 0 unspecified atom stereocenters. The summed E-state index contributed by atoms with van der Waals surface area (Å²) in [6.07, 6.45) is 0.592. The third kappa shape index (κ3) is 3.16. The van der Waals surface area contributed by atoms with Crippen molar-refractivity contribution in [3.8, 4) is 5.75 Å². The normalized spacial score (nSPS) is 10.1. The molecule has 0 heterocycles. The van der Waals surface area contributed by atoms with Crippen molar-refractivity contribution >= 4 is 23.7 Å². The van der Waals surface area contributed by atoms with Crippen LogP contribution in [0.1, 0.15) is 10.4 Å². The van der Waals surface area contributed by atoms with Crippen molar-refractivity contribution in [2.75, 3.05) is 7.11 Å². The van der Waals surface area contributed by atoms with E-state index in [0.29, 0.717) is 11.2 Å². The van der Waals surface area contributed by atoms with E-state index in [1.807, 2.05) is 12.1 Å². The second-order valence-electron chi connectivity index (χ2n) is 3.88. The molecule has 0 aliphatic rings. The molecular weight excluding hydrogens is 278 g/mol. The van der Waals surface area contributed by atoms with Crippen molar-refractivity contribution in [1.82, 2.24) is 0 Å². The highest BCUT2D eigenvalue weighted by molar-refractivity contribution is 7.99. The lowest BCUT2D eigenvalue weighted by atomic mass is 10.2. The Kier molecular flexibility index (Phi) is 4.37. The van der Waals surface area contributed by atoms with Gasteiger partial charge in [-0.05, 0) is 30.3 Å². The van der Waals surface area contributed by atoms with Gasteiger partial charge in [-0.3, -0.25) is 14.9 Å². The summed E-state index contributed by atoms with van der Waals surface area (Å²) in [5, 5.41) is 11.0. The number of carbonyl (C=O) groups is 1. The summed E-state index contributed by atoms with van der Waals surface area (Å²) in [5.41, 5.74) is 0.214. The highest BCUT2D eigenvalue weighted by Gasteiger charge is 2.15. The van der Waals surface area contributed by atoms with Gasteiger partial charge >= 0.3 is 0 Å². The largest absolute Gasteiger partial charge is 0.497 e. The molecule has 0 bridgehead atoms. The highest BCUT2D eigenvalue weighted by Crippen LogP contribution is 2.35. The van der Waals surface area contributed by atoms with Crippen molar-refractivity contribution in [3.63, 3.8) is 0 Å². The topological polar surface area (TPSA) is 69.4 Å². The lowest BCUT2D eigenvalue weighted by molar-refractivity contribution is -0.387. The molecular formula is C14H11NO4S. The van der Waals surface area contributed by atoms with Crippen molar-refractivity contribution in [1.29, 1.82) is 0 Å². The van der Waals surface area contributed by atoms with Crippen LogP contribution in [0.3, 0.4) is 0 Å². The number of benzene rings is 2. The summed E-state index contributed by atoms with van der Waals surface area (Å²) in [5.74, 6) is 0.722. The van der Waals surface area contributed by atoms with Gasteiger partial charge in [-0.15, -0.1) is 0 Å². The van der Waals surface area contributed by atoms with Crippen molar-refractivity contribution < 1.29 is 14.5 Å². The van der Waals surface area contributed by atoms with Crippen LogP contribution in [0, 0.1) is 10.1 Å². The summed E-state index contributed by atoms with van der Waals surface area (Å²) >= 11 is 1.27. The van der Waals surface area contributed by atoms with E-state index in [1.165, 1.54) is 17.8 Å². The summed E-state index contributed by atoms with van der Waals surface area (Å²) in [6, 6.07) is 11.6. The first-order valence-electron chi connectivity index (χ1n) is 5.69. The molecule has 0 spiro atoms. The average Bonchev–Trinajstić information content (AvgIpc) is 2.48. The van der Waals surface area contributed by atoms with E-state index in [0.717, 1.165) is 10.6 Å². The number of nitro groups is 1. The van der Waals surface area contributed by atoms with Gasteiger partial charge in [0.2, 0.25) is 0 Å². The number of hydrogen-bond acceptors (Lipinski definition) is 5. The molecule has 0 saturated carbocycles. The predicted molar refractivity (Wildman–Crippen MR) is 75.6 cm³/mol. The number of rotatable bonds is 5. The summed E-state index contributed by atoms with van der Waals surface area (Å²) in [7, 11) is 1.57. The van der Waals surface area contributed by atoms with Gasteiger partial charge in [-0.2, -0.15) is 0 Å². The molecule has 0 aliphatic carbocycles. The van der Waals surface area contributed by atoms with Crippen LogP contribution in [0.25, 0.3) is 0 Å². The minimum atomic E-state index is -0.487. The third-order valence-electron chi connectivity index (χ3n) is 2.60. The zero-order chi connectivity index (χ0) is 14.5.